The van der Waals surface area contributed by atoms with Gasteiger partial charge in [0.15, 0.2) is 0 Å². The second-order valence-corrected chi connectivity index (χ2v) is 9.01. The van der Waals surface area contributed by atoms with Gasteiger partial charge in [-0.2, -0.15) is 4.98 Å². The monoisotopic (exact) mass is 444 g/mol. The summed E-state index contributed by atoms with van der Waals surface area (Å²) in [6, 6.07) is 14.2. The molecule has 1 aromatic heterocycles. The van der Waals surface area contributed by atoms with Crippen molar-refractivity contribution in [2.45, 2.75) is 13.5 Å². The van der Waals surface area contributed by atoms with E-state index in [-0.39, 0.29) is 19.0 Å². The van der Waals surface area contributed by atoms with Crippen LogP contribution in [-0.4, -0.2) is 56.3 Å². The van der Waals surface area contributed by atoms with Crippen molar-refractivity contribution in [2.75, 3.05) is 31.3 Å². The molecule has 3 rings (SSSR count). The number of sulfonamides is 1. The largest absolute Gasteiger partial charge is 0.497 e. The summed E-state index contributed by atoms with van der Waals surface area (Å²) in [4.78, 5) is 18.4. The van der Waals surface area contributed by atoms with E-state index in [2.05, 4.69) is 10.1 Å². The highest BCUT2D eigenvalue weighted by atomic mass is 32.2. The van der Waals surface area contributed by atoms with E-state index in [0.717, 1.165) is 16.1 Å². The van der Waals surface area contributed by atoms with Crippen LogP contribution in [-0.2, 0) is 21.4 Å². The van der Waals surface area contributed by atoms with Crippen LogP contribution >= 0.6 is 0 Å². The number of amides is 1. The number of carbonyl (C=O) groups is 1. The summed E-state index contributed by atoms with van der Waals surface area (Å²) in [6.07, 6.45) is 1.07. The van der Waals surface area contributed by atoms with Crippen LogP contribution in [0.3, 0.4) is 0 Å². The van der Waals surface area contributed by atoms with Gasteiger partial charge in [-0.05, 0) is 36.8 Å². The standard InChI is InChI=1S/C21H24N4O5S/c1-15-7-5-9-17(11-15)25(31(4,27)28)14-20(26)24(2)13-19-22-21(23-30-19)16-8-6-10-18(12-16)29-3/h5-12H,13-14H2,1-4H3. The van der Waals surface area contributed by atoms with Gasteiger partial charge in [0.1, 0.15) is 12.3 Å². The third kappa shape index (κ3) is 5.60. The summed E-state index contributed by atoms with van der Waals surface area (Å²) in [6.45, 7) is 1.56. The fourth-order valence-corrected chi connectivity index (χ4v) is 3.76. The van der Waals surface area contributed by atoms with Crippen molar-refractivity contribution >= 4 is 21.6 Å². The minimum atomic E-state index is -3.65. The highest BCUT2D eigenvalue weighted by Crippen LogP contribution is 2.22. The molecule has 164 valence electrons. The second kappa shape index (κ2) is 9.17. The maximum Gasteiger partial charge on any atom is 0.246 e. The van der Waals surface area contributed by atoms with E-state index in [0.29, 0.717) is 22.8 Å². The number of carbonyl (C=O) groups excluding carboxylic acids is 1. The van der Waals surface area contributed by atoms with Crippen molar-refractivity contribution in [2.24, 2.45) is 0 Å². The third-order valence-corrected chi connectivity index (χ3v) is 5.70. The highest BCUT2D eigenvalue weighted by molar-refractivity contribution is 7.92. The molecule has 9 nitrogen and oxygen atoms in total. The second-order valence-electron chi connectivity index (χ2n) is 7.10. The predicted octanol–water partition coefficient (Wildman–Crippen LogP) is 2.48. The fourth-order valence-electron chi connectivity index (χ4n) is 2.92. The number of ether oxygens (including phenoxy) is 1. The van der Waals surface area contributed by atoms with Crippen molar-refractivity contribution in [1.82, 2.24) is 15.0 Å². The molecule has 0 aliphatic rings. The van der Waals surface area contributed by atoms with Gasteiger partial charge < -0.3 is 14.2 Å². The first-order chi connectivity index (χ1) is 14.7. The van der Waals surface area contributed by atoms with Crippen LogP contribution < -0.4 is 9.04 Å². The molecule has 0 unspecified atom stereocenters. The molecule has 31 heavy (non-hydrogen) atoms. The van der Waals surface area contributed by atoms with Crippen molar-refractivity contribution in [3.63, 3.8) is 0 Å². The van der Waals surface area contributed by atoms with Gasteiger partial charge in [-0.3, -0.25) is 9.10 Å². The number of benzene rings is 2. The summed E-state index contributed by atoms with van der Waals surface area (Å²) in [5, 5.41) is 3.95. The Labute approximate surface area is 181 Å². The van der Waals surface area contributed by atoms with Gasteiger partial charge in [0.05, 0.1) is 25.6 Å². The van der Waals surface area contributed by atoms with Gasteiger partial charge in [-0.25, -0.2) is 8.42 Å². The fraction of sp³-hybridized carbons (Fsp3) is 0.286. The van der Waals surface area contributed by atoms with Crippen LogP contribution in [0.1, 0.15) is 11.5 Å². The van der Waals surface area contributed by atoms with E-state index in [1.165, 1.54) is 4.90 Å². The zero-order valence-electron chi connectivity index (χ0n) is 17.8. The highest BCUT2D eigenvalue weighted by Gasteiger charge is 2.24. The first kappa shape index (κ1) is 22.3. The van der Waals surface area contributed by atoms with Gasteiger partial charge in [-0.15, -0.1) is 0 Å². The Hall–Kier alpha value is -3.40. The lowest BCUT2D eigenvalue weighted by molar-refractivity contribution is -0.129. The lowest BCUT2D eigenvalue weighted by Crippen LogP contribution is -2.41. The average molecular weight is 445 g/mol. The maximum absolute atomic E-state index is 12.7. The molecule has 3 aromatic rings. The number of likely N-dealkylation sites (N-methyl/N-ethyl adjacent to an activating group) is 1. The first-order valence-corrected chi connectivity index (χ1v) is 11.3. The average Bonchev–Trinajstić information content (AvgIpc) is 3.19. The number of hydrogen-bond donors (Lipinski definition) is 0. The quantitative estimate of drug-likeness (QED) is 0.525. The summed E-state index contributed by atoms with van der Waals surface area (Å²) < 4.78 is 36.1. The Bertz CT molecular complexity index is 1180. The summed E-state index contributed by atoms with van der Waals surface area (Å²) in [7, 11) is -0.535. The van der Waals surface area contributed by atoms with Crippen molar-refractivity contribution in [3.8, 4) is 17.1 Å². The van der Waals surface area contributed by atoms with Gasteiger partial charge in [0, 0.05) is 12.6 Å². The molecule has 0 fully saturated rings. The number of aryl methyl sites for hydroxylation is 1. The molecule has 0 bridgehead atoms. The number of aromatic nitrogens is 2. The number of anilines is 1. The Morgan fingerprint density at radius 1 is 1.16 bits per heavy atom. The smallest absolute Gasteiger partial charge is 0.246 e. The Kier molecular flexibility index (Phi) is 6.59. The van der Waals surface area contributed by atoms with Crippen LogP contribution in [0.5, 0.6) is 5.75 Å². The molecule has 0 saturated heterocycles. The molecule has 0 spiro atoms. The molecule has 0 radical (unpaired) electrons. The molecular formula is C21H24N4O5S. The summed E-state index contributed by atoms with van der Waals surface area (Å²) in [5.41, 5.74) is 2.04. The Balaban J connectivity index is 1.72. The van der Waals surface area contributed by atoms with Crippen molar-refractivity contribution < 1.29 is 22.5 Å². The Morgan fingerprint density at radius 2 is 1.90 bits per heavy atom. The summed E-state index contributed by atoms with van der Waals surface area (Å²) in [5.74, 6) is 0.851. The van der Waals surface area contributed by atoms with E-state index in [1.54, 1.807) is 44.5 Å². The zero-order valence-corrected chi connectivity index (χ0v) is 18.6. The van der Waals surface area contributed by atoms with Crippen molar-refractivity contribution in [1.29, 1.82) is 0 Å². The SMILES string of the molecule is COc1cccc(-c2noc(CN(C)C(=O)CN(c3cccc(C)c3)S(C)(=O)=O)n2)c1. The number of hydrogen-bond acceptors (Lipinski definition) is 7. The van der Waals surface area contributed by atoms with Crippen LogP contribution in [0.2, 0.25) is 0 Å². The molecule has 0 N–H and O–H groups in total. The minimum absolute atomic E-state index is 0.0429. The molecule has 0 atom stereocenters. The van der Waals surface area contributed by atoms with Gasteiger partial charge in [0.25, 0.3) is 0 Å². The first-order valence-electron chi connectivity index (χ1n) is 9.42. The number of nitrogens with zero attached hydrogens (tertiary/aromatic N) is 4. The van der Waals surface area contributed by atoms with E-state index >= 15 is 0 Å². The molecule has 2 aromatic carbocycles. The maximum atomic E-state index is 12.7. The molecule has 0 aliphatic heterocycles. The van der Waals surface area contributed by atoms with Crippen molar-refractivity contribution in [3.05, 3.63) is 60.0 Å². The van der Waals surface area contributed by atoms with E-state index < -0.39 is 15.9 Å². The lowest BCUT2D eigenvalue weighted by Gasteiger charge is -2.24. The lowest BCUT2D eigenvalue weighted by atomic mass is 10.2. The molecule has 0 saturated carbocycles. The minimum Gasteiger partial charge on any atom is -0.497 e. The Morgan fingerprint density at radius 3 is 2.58 bits per heavy atom. The zero-order chi connectivity index (χ0) is 22.6. The van der Waals surface area contributed by atoms with E-state index in [4.69, 9.17) is 9.26 Å². The van der Waals surface area contributed by atoms with Crippen LogP contribution in [0.25, 0.3) is 11.4 Å². The molecule has 1 heterocycles. The number of rotatable bonds is 8. The van der Waals surface area contributed by atoms with Gasteiger partial charge in [-0.1, -0.05) is 29.4 Å². The third-order valence-electron chi connectivity index (χ3n) is 4.56. The van der Waals surface area contributed by atoms with E-state index in [1.807, 2.05) is 25.1 Å². The van der Waals surface area contributed by atoms with Crippen LogP contribution in [0.15, 0.2) is 53.1 Å². The van der Waals surface area contributed by atoms with Crippen LogP contribution in [0.4, 0.5) is 5.69 Å². The molecule has 1 amide bonds. The van der Waals surface area contributed by atoms with E-state index in [9.17, 15) is 13.2 Å². The topological polar surface area (TPSA) is 106 Å². The molecular weight excluding hydrogens is 420 g/mol. The normalized spacial score (nSPS) is 11.2. The predicted molar refractivity (Wildman–Crippen MR) is 116 cm³/mol. The van der Waals surface area contributed by atoms with Crippen LogP contribution in [0, 0.1) is 6.92 Å². The van der Waals surface area contributed by atoms with Gasteiger partial charge in [0.2, 0.25) is 27.6 Å². The summed E-state index contributed by atoms with van der Waals surface area (Å²) >= 11 is 0. The molecule has 0 aliphatic carbocycles. The molecule has 10 heteroatoms. The van der Waals surface area contributed by atoms with Gasteiger partial charge >= 0.3 is 0 Å². The number of methoxy groups -OCH3 is 1.